The molecule has 0 aromatic carbocycles. The van der Waals surface area contributed by atoms with Crippen LogP contribution in [0.5, 0.6) is 0 Å². The van der Waals surface area contributed by atoms with Gasteiger partial charge in [-0.1, -0.05) is 0 Å². The smallest absolute Gasteiger partial charge is 0.317 e. The van der Waals surface area contributed by atoms with Crippen molar-refractivity contribution in [3.8, 4) is 0 Å². The third kappa shape index (κ3) is 8.01. The molecule has 0 bridgehead atoms. The molecule has 8 heteroatoms. The maximum atomic E-state index is 11.9. The van der Waals surface area contributed by atoms with E-state index in [0.29, 0.717) is 31.8 Å². The van der Waals surface area contributed by atoms with Crippen molar-refractivity contribution in [2.75, 3.05) is 38.2 Å². The van der Waals surface area contributed by atoms with Crippen LogP contribution in [0.15, 0.2) is 0 Å². The Bertz CT molecular complexity index is 370. The molecule has 1 aliphatic heterocycles. The number of carbonyl (C=O) groups excluding carboxylic acids is 1. The molecule has 0 saturated carbocycles. The van der Waals surface area contributed by atoms with Gasteiger partial charge in [-0.05, 0) is 19.3 Å². The van der Waals surface area contributed by atoms with Gasteiger partial charge in [0.05, 0.1) is 19.1 Å². The molecule has 0 aromatic rings. The molecule has 1 heterocycles. The molecule has 1 unspecified atom stereocenters. The fourth-order valence-corrected chi connectivity index (χ4v) is 2.67. The molecule has 1 saturated heterocycles. The Morgan fingerprint density at radius 2 is 2.05 bits per heavy atom. The summed E-state index contributed by atoms with van der Waals surface area (Å²) < 4.78 is 16.4. The van der Waals surface area contributed by atoms with E-state index in [1.54, 1.807) is 11.2 Å². The van der Waals surface area contributed by atoms with E-state index in [-0.39, 0.29) is 25.2 Å². The van der Waals surface area contributed by atoms with Gasteiger partial charge in [0.25, 0.3) is 0 Å². The average molecular weight is 320 g/mol. The second kappa shape index (κ2) is 9.73. The van der Waals surface area contributed by atoms with Crippen molar-refractivity contribution >= 4 is 22.8 Å². The Morgan fingerprint density at radius 1 is 1.38 bits per heavy atom. The predicted octanol–water partition coefficient (Wildman–Crippen LogP) is 0.420. The zero-order valence-electron chi connectivity index (χ0n) is 12.4. The SMILES string of the molecule is CS(=O)CCCNC(=O)N1CCC(OCCC(=O)O)CC1. The number of hydrogen-bond donors (Lipinski definition) is 2. The molecule has 0 spiro atoms. The van der Waals surface area contributed by atoms with Crippen LogP contribution in [0.25, 0.3) is 0 Å². The highest BCUT2D eigenvalue weighted by Crippen LogP contribution is 2.14. The van der Waals surface area contributed by atoms with E-state index in [1.165, 1.54) is 0 Å². The number of urea groups is 1. The van der Waals surface area contributed by atoms with Gasteiger partial charge >= 0.3 is 12.0 Å². The number of nitrogens with zero attached hydrogens (tertiary/aromatic N) is 1. The van der Waals surface area contributed by atoms with Gasteiger partial charge in [0.1, 0.15) is 0 Å². The first-order valence-electron chi connectivity index (χ1n) is 7.15. The summed E-state index contributed by atoms with van der Waals surface area (Å²) in [7, 11) is -0.820. The summed E-state index contributed by atoms with van der Waals surface area (Å²) in [4.78, 5) is 24.0. The highest BCUT2D eigenvalue weighted by molar-refractivity contribution is 7.84. The van der Waals surface area contributed by atoms with E-state index >= 15 is 0 Å². The summed E-state index contributed by atoms with van der Waals surface area (Å²) in [5.41, 5.74) is 0. The standard InChI is InChI=1S/C13H24N2O5S/c1-21(19)10-2-6-14-13(18)15-7-3-11(4-8-15)20-9-5-12(16)17/h11H,2-10H2,1H3,(H,14,18)(H,16,17). The molecule has 1 fully saturated rings. The van der Waals surface area contributed by atoms with E-state index in [2.05, 4.69) is 5.32 Å². The van der Waals surface area contributed by atoms with Crippen molar-refractivity contribution in [2.45, 2.75) is 31.8 Å². The van der Waals surface area contributed by atoms with Crippen molar-refractivity contribution in [2.24, 2.45) is 0 Å². The molecule has 0 aromatic heterocycles. The van der Waals surface area contributed by atoms with Crippen LogP contribution >= 0.6 is 0 Å². The number of carboxylic acids is 1. The number of likely N-dealkylation sites (tertiary alicyclic amines) is 1. The van der Waals surface area contributed by atoms with Gasteiger partial charge in [-0.25, -0.2) is 4.79 Å². The van der Waals surface area contributed by atoms with Gasteiger partial charge in [0, 0.05) is 42.4 Å². The Morgan fingerprint density at radius 3 is 2.62 bits per heavy atom. The number of aliphatic carboxylic acids is 1. The molecule has 122 valence electrons. The summed E-state index contributed by atoms with van der Waals surface area (Å²) in [6, 6.07) is -0.0964. The number of rotatable bonds is 8. The minimum atomic E-state index is -0.861. The van der Waals surface area contributed by atoms with E-state index in [0.717, 1.165) is 12.8 Å². The zero-order chi connectivity index (χ0) is 15.7. The van der Waals surface area contributed by atoms with Crippen LogP contribution in [-0.2, 0) is 20.3 Å². The highest BCUT2D eigenvalue weighted by atomic mass is 32.2. The lowest BCUT2D eigenvalue weighted by Crippen LogP contribution is -2.46. The van der Waals surface area contributed by atoms with Gasteiger partial charge in [0.15, 0.2) is 0 Å². The van der Waals surface area contributed by atoms with Crippen molar-refractivity contribution < 1.29 is 23.6 Å². The van der Waals surface area contributed by atoms with E-state index in [1.807, 2.05) is 0 Å². The molecule has 1 rings (SSSR count). The first-order valence-corrected chi connectivity index (χ1v) is 8.88. The monoisotopic (exact) mass is 320 g/mol. The Balaban J connectivity index is 2.12. The predicted molar refractivity (Wildman–Crippen MR) is 79.7 cm³/mol. The molecule has 0 radical (unpaired) electrons. The number of carbonyl (C=O) groups is 2. The summed E-state index contributed by atoms with van der Waals surface area (Å²) in [5.74, 6) is -0.264. The van der Waals surface area contributed by atoms with Crippen LogP contribution < -0.4 is 5.32 Å². The molecule has 2 amide bonds. The lowest BCUT2D eigenvalue weighted by molar-refractivity contribution is -0.138. The van der Waals surface area contributed by atoms with Gasteiger partial charge in [-0.15, -0.1) is 0 Å². The molecule has 0 aliphatic carbocycles. The van der Waals surface area contributed by atoms with Crippen LogP contribution in [0.3, 0.4) is 0 Å². The Hall–Kier alpha value is -1.15. The summed E-state index contributed by atoms with van der Waals surface area (Å²) in [6.45, 7) is 1.99. The fraction of sp³-hybridized carbons (Fsp3) is 0.846. The van der Waals surface area contributed by atoms with Gasteiger partial charge in [-0.3, -0.25) is 9.00 Å². The van der Waals surface area contributed by atoms with Crippen LogP contribution in [0.2, 0.25) is 0 Å². The Labute approximate surface area is 127 Å². The molecule has 1 atom stereocenters. The average Bonchev–Trinajstić information content (AvgIpc) is 2.43. The fourth-order valence-electron chi connectivity index (χ4n) is 2.12. The van der Waals surface area contributed by atoms with E-state index in [4.69, 9.17) is 9.84 Å². The maximum Gasteiger partial charge on any atom is 0.317 e. The van der Waals surface area contributed by atoms with Gasteiger partial charge in [-0.2, -0.15) is 0 Å². The third-order valence-electron chi connectivity index (χ3n) is 3.28. The number of ether oxygens (including phenoxy) is 1. The molecule has 1 aliphatic rings. The second-order valence-corrected chi connectivity index (χ2v) is 6.62. The first kappa shape index (κ1) is 17.9. The Kier molecular flexibility index (Phi) is 8.29. The molecule has 21 heavy (non-hydrogen) atoms. The number of amides is 2. The second-order valence-electron chi connectivity index (χ2n) is 5.06. The lowest BCUT2D eigenvalue weighted by Gasteiger charge is -2.31. The summed E-state index contributed by atoms with van der Waals surface area (Å²) in [5, 5.41) is 11.3. The molecular weight excluding hydrogens is 296 g/mol. The zero-order valence-corrected chi connectivity index (χ0v) is 13.2. The number of hydrogen-bond acceptors (Lipinski definition) is 4. The van der Waals surface area contributed by atoms with Crippen molar-refractivity contribution in [1.29, 1.82) is 0 Å². The first-order chi connectivity index (χ1) is 9.99. The lowest BCUT2D eigenvalue weighted by atomic mass is 10.1. The minimum absolute atomic E-state index is 0.0134. The van der Waals surface area contributed by atoms with Crippen molar-refractivity contribution in [3.05, 3.63) is 0 Å². The molecular formula is C13H24N2O5S. The molecule has 2 N–H and O–H groups in total. The third-order valence-corrected chi connectivity index (χ3v) is 4.15. The normalized spacial score (nSPS) is 17.5. The number of carboxylic acid groups (broad SMARTS) is 1. The van der Waals surface area contributed by atoms with Crippen molar-refractivity contribution in [3.63, 3.8) is 0 Å². The van der Waals surface area contributed by atoms with Gasteiger partial charge < -0.3 is 20.1 Å². The number of nitrogens with one attached hydrogen (secondary N) is 1. The van der Waals surface area contributed by atoms with E-state index < -0.39 is 16.8 Å². The number of piperidine rings is 1. The summed E-state index contributed by atoms with van der Waals surface area (Å²) >= 11 is 0. The topological polar surface area (TPSA) is 95.9 Å². The van der Waals surface area contributed by atoms with Gasteiger partial charge in [0.2, 0.25) is 0 Å². The van der Waals surface area contributed by atoms with Crippen LogP contribution in [0.4, 0.5) is 4.79 Å². The maximum absolute atomic E-state index is 11.9. The minimum Gasteiger partial charge on any atom is -0.481 e. The van der Waals surface area contributed by atoms with Crippen LogP contribution in [0.1, 0.15) is 25.7 Å². The van der Waals surface area contributed by atoms with Crippen LogP contribution in [-0.4, -0.2) is 70.6 Å². The highest BCUT2D eigenvalue weighted by Gasteiger charge is 2.22. The summed E-state index contributed by atoms with van der Waals surface area (Å²) in [6.07, 6.45) is 3.87. The van der Waals surface area contributed by atoms with Crippen LogP contribution in [0, 0.1) is 0 Å². The largest absolute Gasteiger partial charge is 0.481 e. The quantitative estimate of drug-likeness (QED) is 0.632. The van der Waals surface area contributed by atoms with E-state index in [9.17, 15) is 13.8 Å². The van der Waals surface area contributed by atoms with Crippen molar-refractivity contribution in [1.82, 2.24) is 10.2 Å². The molecule has 7 nitrogen and oxygen atoms in total.